The van der Waals surface area contributed by atoms with Gasteiger partial charge in [0.2, 0.25) is 5.95 Å². The Morgan fingerprint density at radius 2 is 1.76 bits per heavy atom. The van der Waals surface area contributed by atoms with Gasteiger partial charge in [-0.1, -0.05) is 24.3 Å². The van der Waals surface area contributed by atoms with Gasteiger partial charge in [-0.25, -0.2) is 4.98 Å². The van der Waals surface area contributed by atoms with Crippen molar-refractivity contribution in [1.29, 1.82) is 0 Å². The molecule has 34 heavy (non-hydrogen) atoms. The molecule has 0 saturated heterocycles. The first kappa shape index (κ1) is 24.0. The third-order valence-corrected chi connectivity index (χ3v) is 6.42. The summed E-state index contributed by atoms with van der Waals surface area (Å²) < 4.78 is 5.67. The van der Waals surface area contributed by atoms with Crippen LogP contribution in [0.4, 0.5) is 17.5 Å². The number of para-hydroxylation sites is 3. The molecule has 1 aliphatic rings. The molecule has 180 valence electrons. The number of rotatable bonds is 8. The first-order valence-corrected chi connectivity index (χ1v) is 12.4. The van der Waals surface area contributed by atoms with Gasteiger partial charge in [0.25, 0.3) is 0 Å². The van der Waals surface area contributed by atoms with E-state index in [1.54, 1.807) is 0 Å². The molecule has 0 aliphatic heterocycles. The minimum atomic E-state index is 0.385. The maximum atomic E-state index is 5.67. The van der Waals surface area contributed by atoms with Crippen molar-refractivity contribution in [3.8, 4) is 5.75 Å². The van der Waals surface area contributed by atoms with E-state index < -0.39 is 0 Å². The van der Waals surface area contributed by atoms with Gasteiger partial charge in [-0.05, 0) is 75.0 Å². The fourth-order valence-corrected chi connectivity index (χ4v) is 4.61. The van der Waals surface area contributed by atoms with Crippen LogP contribution in [-0.2, 0) is 0 Å². The van der Waals surface area contributed by atoms with E-state index in [1.165, 1.54) is 0 Å². The average molecular weight is 479 g/mol. The Morgan fingerprint density at radius 3 is 2.53 bits per heavy atom. The second-order valence-electron chi connectivity index (χ2n) is 8.91. The van der Waals surface area contributed by atoms with E-state index in [0.717, 1.165) is 60.4 Å². The molecular weight excluding hydrogens is 444 g/mol. The van der Waals surface area contributed by atoms with Crippen LogP contribution in [0, 0.1) is 5.92 Å². The molecule has 0 radical (unpaired) electrons. The van der Waals surface area contributed by atoms with Crippen LogP contribution in [0.25, 0.3) is 10.9 Å². The molecule has 3 aromatic rings. The van der Waals surface area contributed by atoms with Crippen LogP contribution in [0.15, 0.2) is 48.5 Å². The number of anilines is 3. The monoisotopic (exact) mass is 478 g/mol. The summed E-state index contributed by atoms with van der Waals surface area (Å²) in [5, 5.41) is 11.9. The fourth-order valence-electron chi connectivity index (χ4n) is 4.41. The molecule has 1 saturated carbocycles. The van der Waals surface area contributed by atoms with Crippen LogP contribution >= 0.6 is 12.2 Å². The van der Waals surface area contributed by atoms with Crippen molar-refractivity contribution in [1.82, 2.24) is 15.3 Å². The number of nitrogens with zero attached hydrogens (tertiary/aromatic N) is 3. The zero-order valence-electron chi connectivity index (χ0n) is 20.2. The molecule has 4 rings (SSSR count). The van der Waals surface area contributed by atoms with Crippen molar-refractivity contribution in [3.63, 3.8) is 0 Å². The van der Waals surface area contributed by atoms with Crippen molar-refractivity contribution < 1.29 is 4.74 Å². The lowest BCUT2D eigenvalue weighted by Gasteiger charge is -2.30. The average Bonchev–Trinajstić information content (AvgIpc) is 2.84. The molecule has 0 spiro atoms. The van der Waals surface area contributed by atoms with Crippen LogP contribution in [0.1, 0.15) is 32.6 Å². The molecular formula is C26H34N6OS. The molecule has 1 aliphatic carbocycles. The first-order valence-electron chi connectivity index (χ1n) is 12.0. The van der Waals surface area contributed by atoms with Gasteiger partial charge < -0.3 is 25.6 Å². The highest BCUT2D eigenvalue weighted by molar-refractivity contribution is 7.80. The van der Waals surface area contributed by atoms with Gasteiger partial charge >= 0.3 is 0 Å². The van der Waals surface area contributed by atoms with Crippen LogP contribution in [0.5, 0.6) is 5.75 Å². The number of thiocarbonyl (C=S) groups is 1. The summed E-state index contributed by atoms with van der Waals surface area (Å²) in [7, 11) is 4.04. The topological polar surface area (TPSA) is 74.3 Å². The van der Waals surface area contributed by atoms with Gasteiger partial charge in [-0.3, -0.25) is 0 Å². The molecule has 1 aromatic heterocycles. The highest BCUT2D eigenvalue weighted by atomic mass is 32.1. The molecule has 3 N–H and O–H groups in total. The summed E-state index contributed by atoms with van der Waals surface area (Å²) in [6, 6.07) is 16.4. The minimum absolute atomic E-state index is 0.385. The molecule has 0 atom stereocenters. The lowest BCUT2D eigenvalue weighted by Crippen LogP contribution is -2.36. The van der Waals surface area contributed by atoms with E-state index >= 15 is 0 Å². The largest absolute Gasteiger partial charge is 0.492 e. The molecule has 0 bridgehead atoms. The summed E-state index contributed by atoms with van der Waals surface area (Å²) in [4.78, 5) is 11.6. The fraction of sp³-hybridized carbons (Fsp3) is 0.423. The van der Waals surface area contributed by atoms with E-state index in [9.17, 15) is 0 Å². The van der Waals surface area contributed by atoms with Gasteiger partial charge in [-0.2, -0.15) is 4.98 Å². The van der Waals surface area contributed by atoms with Gasteiger partial charge in [-0.15, -0.1) is 0 Å². The van der Waals surface area contributed by atoms with E-state index in [-0.39, 0.29) is 0 Å². The quantitative estimate of drug-likeness (QED) is 0.388. The summed E-state index contributed by atoms with van der Waals surface area (Å²) in [5.41, 5.74) is 1.86. The number of ether oxygens (including phenoxy) is 1. The lowest BCUT2D eigenvalue weighted by molar-refractivity contribution is 0.336. The van der Waals surface area contributed by atoms with Gasteiger partial charge in [0.05, 0.1) is 17.8 Å². The van der Waals surface area contributed by atoms with Crippen molar-refractivity contribution >= 4 is 45.7 Å². The first-order chi connectivity index (χ1) is 16.5. The maximum Gasteiger partial charge on any atom is 0.225 e. The molecule has 2 aromatic carbocycles. The van der Waals surface area contributed by atoms with E-state index in [0.29, 0.717) is 29.6 Å². The van der Waals surface area contributed by atoms with Crippen LogP contribution in [-0.4, -0.2) is 48.4 Å². The van der Waals surface area contributed by atoms with Crippen molar-refractivity contribution in [3.05, 3.63) is 48.5 Å². The van der Waals surface area contributed by atoms with Crippen LogP contribution in [0.2, 0.25) is 0 Å². The number of fused-ring (bicyclic) bond motifs is 1. The third-order valence-electron chi connectivity index (χ3n) is 6.17. The highest BCUT2D eigenvalue weighted by Gasteiger charge is 2.22. The molecule has 1 fully saturated rings. The number of benzene rings is 2. The number of nitrogens with one attached hydrogen (secondary N) is 3. The number of hydrogen-bond acceptors (Lipinski definition) is 6. The van der Waals surface area contributed by atoms with Crippen molar-refractivity contribution in [2.24, 2.45) is 5.92 Å². The zero-order chi connectivity index (χ0) is 23.9. The van der Waals surface area contributed by atoms with Gasteiger partial charge in [0.1, 0.15) is 11.6 Å². The van der Waals surface area contributed by atoms with E-state index in [2.05, 4.69) is 22.0 Å². The predicted molar refractivity (Wildman–Crippen MR) is 145 cm³/mol. The van der Waals surface area contributed by atoms with Crippen molar-refractivity contribution in [2.75, 3.05) is 42.8 Å². The van der Waals surface area contributed by atoms with Crippen LogP contribution < -0.4 is 25.6 Å². The predicted octanol–water partition coefficient (Wildman–Crippen LogP) is 5.05. The Labute approximate surface area is 207 Å². The Balaban J connectivity index is 1.27. The highest BCUT2D eigenvalue weighted by Crippen LogP contribution is 2.28. The standard InChI is InChI=1S/C26H34N6OS/c1-4-33-23-12-8-7-11-22(23)30-26(34)27-17-18-13-15-19(16-14-18)28-25-29-21-10-6-5-9-20(21)24(31-25)32(2)3/h5-12,18-19H,4,13-17H2,1-3H3,(H2,27,30,34)(H,28,29,31)/t18-,19+. The number of aromatic nitrogens is 2. The molecule has 7 nitrogen and oxygen atoms in total. The Morgan fingerprint density at radius 1 is 1.03 bits per heavy atom. The SMILES string of the molecule is CCOc1ccccc1NC(=S)NC[C@H]1CC[C@@H](Nc2nc(N(C)C)c3ccccc3n2)CC1. The van der Waals surface area contributed by atoms with Gasteiger partial charge in [0.15, 0.2) is 5.11 Å². The molecule has 8 heteroatoms. The molecule has 0 amide bonds. The summed E-state index contributed by atoms with van der Waals surface area (Å²) >= 11 is 5.52. The molecule has 0 unspecified atom stereocenters. The normalized spacial score (nSPS) is 17.7. The van der Waals surface area contributed by atoms with E-state index in [4.69, 9.17) is 26.9 Å². The zero-order valence-corrected chi connectivity index (χ0v) is 21.0. The Bertz CT molecular complexity index is 1110. The summed E-state index contributed by atoms with van der Waals surface area (Å²) in [6.45, 7) is 3.47. The van der Waals surface area contributed by atoms with Gasteiger partial charge in [0, 0.05) is 32.1 Å². The maximum absolute atomic E-state index is 5.67. The number of hydrogen-bond donors (Lipinski definition) is 3. The van der Waals surface area contributed by atoms with Crippen LogP contribution in [0.3, 0.4) is 0 Å². The van der Waals surface area contributed by atoms with E-state index in [1.807, 2.05) is 68.4 Å². The second kappa shape index (κ2) is 11.3. The Kier molecular flexibility index (Phi) is 8.00. The summed E-state index contributed by atoms with van der Waals surface area (Å²) in [5.74, 6) is 3.06. The van der Waals surface area contributed by atoms with Crippen molar-refractivity contribution in [2.45, 2.75) is 38.6 Å². The lowest BCUT2D eigenvalue weighted by atomic mass is 9.86. The molecule has 1 heterocycles. The second-order valence-corrected chi connectivity index (χ2v) is 9.32. The minimum Gasteiger partial charge on any atom is -0.492 e. The Hall–Kier alpha value is -3.13. The summed E-state index contributed by atoms with van der Waals surface area (Å²) in [6.07, 6.45) is 4.45. The third kappa shape index (κ3) is 6.05. The smallest absolute Gasteiger partial charge is 0.225 e.